The molecular formula is C16H13FN6O2S. The Hall–Kier alpha value is -3.01. The molecule has 1 unspecified atom stereocenters. The molecule has 0 N–H and O–H groups in total. The Bertz CT molecular complexity index is 1110. The van der Waals surface area contributed by atoms with Gasteiger partial charge < -0.3 is 4.74 Å². The van der Waals surface area contributed by atoms with E-state index in [1.165, 1.54) is 31.0 Å². The number of thioether (sulfide) groups is 1. The first-order valence-corrected chi connectivity index (χ1v) is 8.54. The van der Waals surface area contributed by atoms with Gasteiger partial charge in [-0.15, -0.1) is 10.2 Å². The third kappa shape index (κ3) is 2.68. The van der Waals surface area contributed by atoms with Crippen molar-refractivity contribution in [1.29, 1.82) is 0 Å². The number of aromatic nitrogens is 6. The zero-order chi connectivity index (χ0) is 18.3. The van der Waals surface area contributed by atoms with E-state index in [0.717, 1.165) is 0 Å². The molecular weight excluding hydrogens is 359 g/mol. The molecule has 4 rings (SSSR count). The minimum Gasteiger partial charge on any atom is -0.468 e. The summed E-state index contributed by atoms with van der Waals surface area (Å²) in [5.74, 6) is -0.663. The van der Waals surface area contributed by atoms with Crippen LogP contribution in [-0.4, -0.2) is 47.7 Å². The fourth-order valence-electron chi connectivity index (χ4n) is 2.52. The Morgan fingerprint density at radius 2 is 2.00 bits per heavy atom. The number of carbonyl (C=O) groups is 1. The van der Waals surface area contributed by atoms with Gasteiger partial charge in [0.05, 0.1) is 24.4 Å². The molecule has 8 nitrogen and oxygen atoms in total. The molecule has 0 radical (unpaired) electrons. The van der Waals surface area contributed by atoms with Crippen LogP contribution < -0.4 is 0 Å². The van der Waals surface area contributed by atoms with Gasteiger partial charge in [0.25, 0.3) is 0 Å². The summed E-state index contributed by atoms with van der Waals surface area (Å²) in [6, 6.07) is 5.97. The van der Waals surface area contributed by atoms with E-state index in [0.29, 0.717) is 27.5 Å². The number of fused-ring (bicyclic) bond motifs is 3. The fraction of sp³-hybridized carbons (Fsp3) is 0.188. The van der Waals surface area contributed by atoms with E-state index in [-0.39, 0.29) is 11.8 Å². The summed E-state index contributed by atoms with van der Waals surface area (Å²) in [4.78, 5) is 16.0. The molecule has 4 aromatic rings. The molecule has 3 heterocycles. The normalized spacial score (nSPS) is 12.6. The molecule has 0 spiro atoms. The van der Waals surface area contributed by atoms with Gasteiger partial charge in [-0.25, -0.2) is 14.1 Å². The van der Waals surface area contributed by atoms with Crippen molar-refractivity contribution in [2.45, 2.75) is 17.3 Å². The second kappa shape index (κ2) is 6.37. The maximum atomic E-state index is 13.1. The van der Waals surface area contributed by atoms with E-state index in [1.54, 1.807) is 40.7 Å². The number of hydrogen-bond donors (Lipinski definition) is 0. The predicted octanol–water partition coefficient (Wildman–Crippen LogP) is 2.26. The van der Waals surface area contributed by atoms with Crippen LogP contribution in [0.5, 0.6) is 0 Å². The molecule has 1 atom stereocenters. The van der Waals surface area contributed by atoms with Crippen LogP contribution in [0.3, 0.4) is 0 Å². The number of esters is 1. The van der Waals surface area contributed by atoms with E-state index < -0.39 is 5.25 Å². The summed E-state index contributed by atoms with van der Waals surface area (Å²) in [6.45, 7) is 1.73. The zero-order valence-electron chi connectivity index (χ0n) is 13.8. The van der Waals surface area contributed by atoms with E-state index in [4.69, 9.17) is 4.74 Å². The molecule has 0 amide bonds. The molecule has 0 saturated heterocycles. The highest BCUT2D eigenvalue weighted by molar-refractivity contribution is 8.00. The Balaban J connectivity index is 1.77. The third-order valence-electron chi connectivity index (χ3n) is 3.83. The molecule has 0 saturated carbocycles. The molecule has 0 aliphatic heterocycles. The predicted molar refractivity (Wildman–Crippen MR) is 92.7 cm³/mol. The van der Waals surface area contributed by atoms with Gasteiger partial charge in [-0.2, -0.15) is 5.10 Å². The van der Waals surface area contributed by atoms with Crippen molar-refractivity contribution in [1.82, 2.24) is 29.4 Å². The molecule has 10 heteroatoms. The van der Waals surface area contributed by atoms with Crippen LogP contribution in [0.25, 0.3) is 22.4 Å². The van der Waals surface area contributed by atoms with Crippen LogP contribution in [-0.2, 0) is 9.53 Å². The van der Waals surface area contributed by atoms with E-state index in [1.807, 2.05) is 0 Å². The van der Waals surface area contributed by atoms with Crippen LogP contribution in [0.2, 0.25) is 0 Å². The molecule has 0 aliphatic carbocycles. The fourth-order valence-corrected chi connectivity index (χ4v) is 3.37. The van der Waals surface area contributed by atoms with Crippen LogP contribution in [0.15, 0.2) is 41.9 Å². The number of halogens is 1. The minimum absolute atomic E-state index is 0.320. The van der Waals surface area contributed by atoms with Gasteiger partial charge in [0.1, 0.15) is 17.4 Å². The maximum Gasteiger partial charge on any atom is 0.318 e. The van der Waals surface area contributed by atoms with Gasteiger partial charge in [0.2, 0.25) is 0 Å². The summed E-state index contributed by atoms with van der Waals surface area (Å²) in [6.07, 6.45) is 3.21. The zero-order valence-corrected chi connectivity index (χ0v) is 14.6. The summed E-state index contributed by atoms with van der Waals surface area (Å²) in [7, 11) is 1.34. The lowest BCUT2D eigenvalue weighted by atomic mass is 10.3. The number of ether oxygens (including phenoxy) is 1. The summed E-state index contributed by atoms with van der Waals surface area (Å²) < 4.78 is 21.2. The topological polar surface area (TPSA) is 87.2 Å². The number of rotatable bonds is 4. The SMILES string of the molecule is COC(=O)C(C)Sc1nnc2c3cnn(-c4ccc(F)cc4)c3ncn12. The van der Waals surface area contributed by atoms with E-state index in [2.05, 4.69) is 20.3 Å². The van der Waals surface area contributed by atoms with Crippen molar-refractivity contribution < 1.29 is 13.9 Å². The lowest BCUT2D eigenvalue weighted by molar-refractivity contribution is -0.139. The number of carbonyl (C=O) groups excluding carboxylic acids is 1. The van der Waals surface area contributed by atoms with Gasteiger partial charge in [0, 0.05) is 0 Å². The number of nitrogens with zero attached hydrogens (tertiary/aromatic N) is 6. The van der Waals surface area contributed by atoms with Gasteiger partial charge in [0.15, 0.2) is 16.5 Å². The lowest BCUT2D eigenvalue weighted by Crippen LogP contribution is -2.15. The van der Waals surface area contributed by atoms with Crippen molar-refractivity contribution in [2.24, 2.45) is 0 Å². The first-order chi connectivity index (χ1) is 12.6. The van der Waals surface area contributed by atoms with Crippen molar-refractivity contribution in [3.8, 4) is 5.69 Å². The minimum atomic E-state index is -0.426. The van der Waals surface area contributed by atoms with Gasteiger partial charge >= 0.3 is 5.97 Å². The van der Waals surface area contributed by atoms with Crippen LogP contribution in [0.1, 0.15) is 6.92 Å². The summed E-state index contributed by atoms with van der Waals surface area (Å²) in [5, 5.41) is 13.5. The van der Waals surface area contributed by atoms with Gasteiger partial charge in [-0.3, -0.25) is 9.20 Å². The highest BCUT2D eigenvalue weighted by Gasteiger charge is 2.20. The quantitative estimate of drug-likeness (QED) is 0.401. The molecule has 0 bridgehead atoms. The third-order valence-corrected chi connectivity index (χ3v) is 4.87. The van der Waals surface area contributed by atoms with Crippen LogP contribution in [0.4, 0.5) is 4.39 Å². The molecule has 3 aromatic heterocycles. The highest BCUT2D eigenvalue weighted by atomic mass is 32.2. The number of benzene rings is 1. The van der Waals surface area contributed by atoms with Crippen molar-refractivity contribution in [3.05, 3.63) is 42.6 Å². The first kappa shape index (κ1) is 16.5. The Morgan fingerprint density at radius 1 is 1.23 bits per heavy atom. The Kier molecular flexibility index (Phi) is 4.03. The summed E-state index contributed by atoms with van der Waals surface area (Å²) in [5.41, 5.74) is 1.84. The Labute approximate surface area is 151 Å². The standard InChI is InChI=1S/C16H13FN6O2S/c1-9(15(24)25-2)26-16-21-20-14-12-7-19-23(13(12)18-8-22(14)16)11-5-3-10(17)4-6-11/h3-9H,1-2H3. The van der Waals surface area contributed by atoms with Gasteiger partial charge in [-0.1, -0.05) is 11.8 Å². The largest absolute Gasteiger partial charge is 0.468 e. The first-order valence-electron chi connectivity index (χ1n) is 7.66. The van der Waals surface area contributed by atoms with Crippen LogP contribution in [0, 0.1) is 5.82 Å². The number of methoxy groups -OCH3 is 1. The smallest absolute Gasteiger partial charge is 0.318 e. The van der Waals surface area contributed by atoms with Crippen molar-refractivity contribution in [2.75, 3.05) is 7.11 Å². The average Bonchev–Trinajstić information content (AvgIpc) is 3.25. The second-order valence-electron chi connectivity index (χ2n) is 5.47. The van der Waals surface area contributed by atoms with Crippen molar-refractivity contribution in [3.63, 3.8) is 0 Å². The average molecular weight is 372 g/mol. The monoisotopic (exact) mass is 372 g/mol. The van der Waals surface area contributed by atoms with E-state index in [9.17, 15) is 9.18 Å². The maximum absolute atomic E-state index is 13.1. The highest BCUT2D eigenvalue weighted by Crippen LogP contribution is 2.26. The van der Waals surface area contributed by atoms with Crippen molar-refractivity contribution >= 4 is 34.4 Å². The molecule has 132 valence electrons. The molecule has 0 fully saturated rings. The lowest BCUT2D eigenvalue weighted by Gasteiger charge is -2.07. The van der Waals surface area contributed by atoms with E-state index >= 15 is 0 Å². The van der Waals surface area contributed by atoms with Crippen LogP contribution >= 0.6 is 11.8 Å². The Morgan fingerprint density at radius 3 is 2.73 bits per heavy atom. The second-order valence-corrected chi connectivity index (χ2v) is 6.78. The molecule has 0 aliphatic rings. The number of hydrogen-bond acceptors (Lipinski definition) is 7. The molecule has 1 aromatic carbocycles. The molecule has 26 heavy (non-hydrogen) atoms. The van der Waals surface area contributed by atoms with Gasteiger partial charge in [-0.05, 0) is 31.2 Å². The summed E-state index contributed by atoms with van der Waals surface area (Å²) >= 11 is 1.23.